The summed E-state index contributed by atoms with van der Waals surface area (Å²) < 4.78 is 5.45. The van der Waals surface area contributed by atoms with Crippen LogP contribution in [0.5, 0.6) is 5.75 Å². The number of aryl methyl sites for hydroxylation is 1. The molecular formula is C18H19NOS. The predicted molar refractivity (Wildman–Crippen MR) is 90.2 cm³/mol. The minimum atomic E-state index is 0.376. The molecule has 2 aromatic rings. The second kappa shape index (κ2) is 5.86. The zero-order valence-electron chi connectivity index (χ0n) is 12.3. The van der Waals surface area contributed by atoms with Gasteiger partial charge in [0.2, 0.25) is 0 Å². The monoisotopic (exact) mass is 297 g/mol. The lowest BCUT2D eigenvalue weighted by atomic mass is 10.1. The fourth-order valence-electron chi connectivity index (χ4n) is 2.91. The van der Waals surface area contributed by atoms with Gasteiger partial charge in [-0.1, -0.05) is 42.5 Å². The third kappa shape index (κ3) is 2.93. The van der Waals surface area contributed by atoms with Gasteiger partial charge in [-0.25, -0.2) is 0 Å². The van der Waals surface area contributed by atoms with Crippen LogP contribution >= 0.6 is 12.2 Å². The van der Waals surface area contributed by atoms with Crippen molar-refractivity contribution in [2.24, 2.45) is 0 Å². The lowest BCUT2D eigenvalue weighted by molar-refractivity contribution is 0.413. The molecule has 0 unspecified atom stereocenters. The van der Waals surface area contributed by atoms with Crippen LogP contribution < -0.4 is 10.1 Å². The Morgan fingerprint density at radius 1 is 1.14 bits per heavy atom. The van der Waals surface area contributed by atoms with E-state index in [2.05, 4.69) is 42.6 Å². The normalized spacial score (nSPS) is 13.8. The topological polar surface area (TPSA) is 21.3 Å². The van der Waals surface area contributed by atoms with Crippen LogP contribution in [-0.4, -0.2) is 18.1 Å². The second-order valence-electron chi connectivity index (χ2n) is 5.55. The number of ether oxygens (including phenoxy) is 1. The van der Waals surface area contributed by atoms with Gasteiger partial charge in [-0.05, 0) is 48.6 Å². The molecule has 2 aromatic carbocycles. The Kier molecular flexibility index (Phi) is 3.93. The third-order valence-corrected chi connectivity index (χ3v) is 4.33. The second-order valence-corrected chi connectivity index (χ2v) is 5.96. The van der Waals surface area contributed by atoms with Gasteiger partial charge in [0.15, 0.2) is 0 Å². The minimum absolute atomic E-state index is 0.376. The number of nitrogens with one attached hydrogen (secondary N) is 1. The summed E-state index contributed by atoms with van der Waals surface area (Å²) >= 11 is 5.57. The Labute approximate surface area is 131 Å². The molecular weight excluding hydrogens is 278 g/mol. The molecule has 0 amide bonds. The summed E-state index contributed by atoms with van der Waals surface area (Å²) in [6, 6.07) is 15.1. The molecule has 0 aromatic heterocycles. The molecule has 2 nitrogen and oxygen atoms in total. The van der Waals surface area contributed by atoms with Crippen LogP contribution in [0.4, 0.5) is 0 Å². The van der Waals surface area contributed by atoms with Gasteiger partial charge in [0.05, 0.1) is 12.7 Å². The average molecular weight is 297 g/mol. The van der Waals surface area contributed by atoms with Gasteiger partial charge in [-0.3, -0.25) is 0 Å². The molecule has 0 fully saturated rings. The Morgan fingerprint density at radius 3 is 2.43 bits per heavy atom. The quantitative estimate of drug-likeness (QED) is 0.877. The van der Waals surface area contributed by atoms with E-state index >= 15 is 0 Å². The minimum Gasteiger partial charge on any atom is -0.496 e. The van der Waals surface area contributed by atoms with Crippen molar-refractivity contribution >= 4 is 17.2 Å². The Balaban J connectivity index is 1.74. The maximum Gasteiger partial charge on any atom is 0.129 e. The van der Waals surface area contributed by atoms with Gasteiger partial charge < -0.3 is 10.1 Å². The molecule has 1 aliphatic carbocycles. The molecule has 3 heteroatoms. The standard InChI is InChI=1S/C18H19NOS/c1-12-7-8-16(17(9-12)20-2)18(21)19-15-10-13-5-3-4-6-14(13)11-15/h3-9,15H,10-11H2,1-2H3,(H,19,21). The van der Waals surface area contributed by atoms with E-state index in [4.69, 9.17) is 17.0 Å². The highest BCUT2D eigenvalue weighted by atomic mass is 32.1. The van der Waals surface area contributed by atoms with E-state index in [-0.39, 0.29) is 0 Å². The van der Waals surface area contributed by atoms with Gasteiger partial charge in [0, 0.05) is 6.04 Å². The molecule has 0 heterocycles. The highest BCUT2D eigenvalue weighted by Gasteiger charge is 2.22. The summed E-state index contributed by atoms with van der Waals surface area (Å²) in [6.07, 6.45) is 2.06. The van der Waals surface area contributed by atoms with Crippen LogP contribution in [0.15, 0.2) is 42.5 Å². The Bertz CT molecular complexity index is 656. The maximum absolute atomic E-state index is 5.57. The molecule has 108 valence electrons. The van der Waals surface area contributed by atoms with Crippen molar-refractivity contribution in [3.05, 3.63) is 64.7 Å². The number of hydrogen-bond acceptors (Lipinski definition) is 2. The molecule has 0 bridgehead atoms. The maximum atomic E-state index is 5.57. The SMILES string of the molecule is COc1cc(C)ccc1C(=S)NC1Cc2ccccc2C1. The lowest BCUT2D eigenvalue weighted by Gasteiger charge is -2.17. The van der Waals surface area contributed by atoms with Gasteiger partial charge in [0.25, 0.3) is 0 Å². The van der Waals surface area contributed by atoms with Crippen molar-refractivity contribution in [1.82, 2.24) is 5.32 Å². The first-order valence-electron chi connectivity index (χ1n) is 7.19. The van der Waals surface area contributed by atoms with E-state index in [1.807, 2.05) is 12.1 Å². The van der Waals surface area contributed by atoms with Gasteiger partial charge in [-0.2, -0.15) is 0 Å². The Hall–Kier alpha value is -1.87. The van der Waals surface area contributed by atoms with E-state index in [1.54, 1.807) is 7.11 Å². The molecule has 1 N–H and O–H groups in total. The molecule has 0 spiro atoms. The summed E-state index contributed by atoms with van der Waals surface area (Å²) in [5, 5.41) is 3.49. The van der Waals surface area contributed by atoms with E-state index in [0.717, 1.165) is 29.1 Å². The van der Waals surface area contributed by atoms with Crippen molar-refractivity contribution in [3.63, 3.8) is 0 Å². The number of hydrogen-bond donors (Lipinski definition) is 1. The fourth-order valence-corrected chi connectivity index (χ4v) is 3.25. The van der Waals surface area contributed by atoms with Gasteiger partial charge >= 0.3 is 0 Å². The van der Waals surface area contributed by atoms with Crippen LogP contribution in [-0.2, 0) is 12.8 Å². The number of thiocarbonyl (C=S) groups is 1. The zero-order valence-corrected chi connectivity index (χ0v) is 13.2. The molecule has 0 aliphatic heterocycles. The molecule has 0 saturated heterocycles. The third-order valence-electron chi connectivity index (χ3n) is 3.99. The molecule has 0 radical (unpaired) electrons. The van der Waals surface area contributed by atoms with Crippen molar-refractivity contribution in [3.8, 4) is 5.75 Å². The van der Waals surface area contributed by atoms with Crippen LogP contribution in [0.2, 0.25) is 0 Å². The summed E-state index contributed by atoms with van der Waals surface area (Å²) in [4.78, 5) is 0.768. The van der Waals surface area contributed by atoms with Crippen LogP contribution in [0.1, 0.15) is 22.3 Å². The first-order valence-corrected chi connectivity index (χ1v) is 7.60. The zero-order chi connectivity index (χ0) is 14.8. The number of methoxy groups -OCH3 is 1. The van der Waals surface area contributed by atoms with Crippen molar-refractivity contribution in [1.29, 1.82) is 0 Å². The lowest BCUT2D eigenvalue weighted by Crippen LogP contribution is -2.34. The molecule has 0 saturated carbocycles. The number of rotatable bonds is 3. The van der Waals surface area contributed by atoms with Crippen molar-refractivity contribution < 1.29 is 4.74 Å². The highest BCUT2D eigenvalue weighted by molar-refractivity contribution is 7.80. The molecule has 1 aliphatic rings. The average Bonchev–Trinajstić information content (AvgIpc) is 2.88. The Morgan fingerprint density at radius 2 is 1.81 bits per heavy atom. The van der Waals surface area contributed by atoms with Crippen molar-refractivity contribution in [2.45, 2.75) is 25.8 Å². The first kappa shape index (κ1) is 14.1. The largest absolute Gasteiger partial charge is 0.496 e. The van der Waals surface area contributed by atoms with Crippen LogP contribution in [0.3, 0.4) is 0 Å². The molecule has 21 heavy (non-hydrogen) atoms. The first-order chi connectivity index (χ1) is 10.2. The smallest absolute Gasteiger partial charge is 0.129 e. The van der Waals surface area contributed by atoms with Crippen LogP contribution in [0, 0.1) is 6.92 Å². The summed E-state index contributed by atoms with van der Waals surface area (Å²) in [5.74, 6) is 0.836. The van der Waals surface area contributed by atoms with Crippen molar-refractivity contribution in [2.75, 3.05) is 7.11 Å². The summed E-state index contributed by atoms with van der Waals surface area (Å²) in [6.45, 7) is 2.05. The number of fused-ring (bicyclic) bond motifs is 1. The van der Waals surface area contributed by atoms with E-state index < -0.39 is 0 Å². The van der Waals surface area contributed by atoms with Crippen LogP contribution in [0.25, 0.3) is 0 Å². The fraction of sp³-hybridized carbons (Fsp3) is 0.278. The number of benzene rings is 2. The van der Waals surface area contributed by atoms with E-state index in [0.29, 0.717) is 6.04 Å². The van der Waals surface area contributed by atoms with Gasteiger partial charge in [0.1, 0.15) is 10.7 Å². The summed E-state index contributed by atoms with van der Waals surface area (Å²) in [5.41, 5.74) is 4.99. The highest BCUT2D eigenvalue weighted by Crippen LogP contribution is 2.24. The van der Waals surface area contributed by atoms with E-state index in [9.17, 15) is 0 Å². The molecule has 3 rings (SSSR count). The predicted octanol–water partition coefficient (Wildman–Crippen LogP) is 3.44. The van der Waals surface area contributed by atoms with E-state index in [1.165, 1.54) is 16.7 Å². The summed E-state index contributed by atoms with van der Waals surface area (Å²) in [7, 11) is 1.69. The molecule has 0 atom stereocenters. The van der Waals surface area contributed by atoms with Gasteiger partial charge in [-0.15, -0.1) is 0 Å².